The van der Waals surface area contributed by atoms with Crippen molar-refractivity contribution in [2.75, 3.05) is 11.1 Å². The summed E-state index contributed by atoms with van der Waals surface area (Å²) in [6.45, 7) is 5.16. The number of benzene rings is 1. The summed E-state index contributed by atoms with van der Waals surface area (Å²) in [4.78, 5) is 32.6. The summed E-state index contributed by atoms with van der Waals surface area (Å²) in [5.74, 6) is -1.07. The number of carbonyl (C=O) groups excluding carboxylic acids is 2. The highest BCUT2D eigenvalue weighted by atomic mass is 35.5. The van der Waals surface area contributed by atoms with E-state index in [1.807, 2.05) is 26.0 Å². The number of nitrogens with one attached hydrogen (secondary N) is 1. The Balaban J connectivity index is 1.87. The SMILES string of the molecule is Cc1cc(C)nc(SCC(=O)OC(C)C(=O)Nc2ccc(C#N)c(Cl)c2)n1. The topological polar surface area (TPSA) is 105 Å². The van der Waals surface area contributed by atoms with E-state index >= 15 is 0 Å². The Morgan fingerprint density at radius 3 is 2.56 bits per heavy atom. The van der Waals surface area contributed by atoms with Crippen molar-refractivity contribution in [3.05, 3.63) is 46.2 Å². The highest BCUT2D eigenvalue weighted by molar-refractivity contribution is 7.99. The summed E-state index contributed by atoms with van der Waals surface area (Å²) in [5, 5.41) is 12.1. The second kappa shape index (κ2) is 9.35. The number of nitrogens with zero attached hydrogens (tertiary/aromatic N) is 3. The van der Waals surface area contributed by atoms with Gasteiger partial charge in [0, 0.05) is 17.1 Å². The average molecular weight is 405 g/mol. The van der Waals surface area contributed by atoms with Crippen molar-refractivity contribution in [1.82, 2.24) is 9.97 Å². The number of rotatable bonds is 6. The van der Waals surface area contributed by atoms with Gasteiger partial charge in [0.1, 0.15) is 6.07 Å². The van der Waals surface area contributed by atoms with E-state index in [9.17, 15) is 9.59 Å². The zero-order valence-corrected chi connectivity index (χ0v) is 16.5. The average Bonchev–Trinajstić information content (AvgIpc) is 2.59. The number of halogens is 1. The van der Waals surface area contributed by atoms with Crippen LogP contribution in [0.1, 0.15) is 23.9 Å². The van der Waals surface area contributed by atoms with Crippen LogP contribution in [0.3, 0.4) is 0 Å². The monoisotopic (exact) mass is 404 g/mol. The number of amides is 1. The lowest BCUT2D eigenvalue weighted by molar-refractivity contribution is -0.150. The Kier molecular flexibility index (Phi) is 7.16. The Hall–Kier alpha value is -2.63. The van der Waals surface area contributed by atoms with Crippen LogP contribution in [-0.4, -0.2) is 33.7 Å². The van der Waals surface area contributed by atoms with Gasteiger partial charge >= 0.3 is 5.97 Å². The van der Waals surface area contributed by atoms with Crippen LogP contribution in [0.4, 0.5) is 5.69 Å². The first-order chi connectivity index (χ1) is 12.8. The lowest BCUT2D eigenvalue weighted by Crippen LogP contribution is -2.30. The van der Waals surface area contributed by atoms with Gasteiger partial charge in [0.05, 0.1) is 16.3 Å². The molecule has 0 aliphatic heterocycles. The third kappa shape index (κ3) is 6.24. The van der Waals surface area contributed by atoms with Gasteiger partial charge in [-0.2, -0.15) is 5.26 Å². The molecule has 0 saturated carbocycles. The number of esters is 1. The lowest BCUT2D eigenvalue weighted by Gasteiger charge is -2.13. The van der Waals surface area contributed by atoms with Crippen LogP contribution < -0.4 is 5.32 Å². The van der Waals surface area contributed by atoms with E-state index in [0.717, 1.165) is 23.1 Å². The second-order valence-electron chi connectivity index (χ2n) is 5.65. The smallest absolute Gasteiger partial charge is 0.317 e. The Labute approximate surface area is 166 Å². The van der Waals surface area contributed by atoms with Gasteiger partial charge in [0.15, 0.2) is 11.3 Å². The fourth-order valence-electron chi connectivity index (χ4n) is 2.09. The molecule has 1 N–H and O–H groups in total. The van der Waals surface area contributed by atoms with Gasteiger partial charge in [-0.25, -0.2) is 9.97 Å². The van der Waals surface area contributed by atoms with Gasteiger partial charge < -0.3 is 10.1 Å². The molecule has 0 aliphatic carbocycles. The Morgan fingerprint density at radius 2 is 1.96 bits per heavy atom. The third-order valence-corrected chi connectivity index (χ3v) is 4.45. The van der Waals surface area contributed by atoms with Gasteiger partial charge in [-0.15, -0.1) is 0 Å². The molecule has 0 bridgehead atoms. The zero-order chi connectivity index (χ0) is 20.0. The van der Waals surface area contributed by atoms with Crippen molar-refractivity contribution in [1.29, 1.82) is 5.26 Å². The summed E-state index contributed by atoms with van der Waals surface area (Å²) in [5.41, 5.74) is 2.34. The van der Waals surface area contributed by atoms with Crippen LogP contribution in [0, 0.1) is 25.2 Å². The van der Waals surface area contributed by atoms with Gasteiger partial charge in [0.25, 0.3) is 5.91 Å². The Morgan fingerprint density at radius 1 is 1.30 bits per heavy atom. The molecule has 1 amide bonds. The van der Waals surface area contributed by atoms with Crippen molar-refractivity contribution in [3.63, 3.8) is 0 Å². The normalized spacial score (nSPS) is 11.4. The zero-order valence-electron chi connectivity index (χ0n) is 14.9. The fraction of sp³-hybridized carbons (Fsp3) is 0.278. The number of hydrogen-bond acceptors (Lipinski definition) is 7. The predicted molar refractivity (Wildman–Crippen MR) is 103 cm³/mol. The summed E-state index contributed by atoms with van der Waals surface area (Å²) in [6.07, 6.45) is -0.993. The Bertz CT molecular complexity index is 894. The molecule has 0 fully saturated rings. The van der Waals surface area contributed by atoms with E-state index in [0.29, 0.717) is 16.4 Å². The first-order valence-corrected chi connectivity index (χ1v) is 9.30. The molecule has 0 aliphatic rings. The number of carbonyl (C=O) groups is 2. The minimum atomic E-state index is -0.993. The number of anilines is 1. The second-order valence-corrected chi connectivity index (χ2v) is 7.00. The summed E-state index contributed by atoms with van der Waals surface area (Å²) in [7, 11) is 0. The maximum atomic E-state index is 12.1. The van der Waals surface area contributed by atoms with E-state index in [2.05, 4.69) is 15.3 Å². The molecule has 7 nitrogen and oxygen atoms in total. The molecule has 1 aromatic heterocycles. The van der Waals surface area contributed by atoms with Crippen molar-refractivity contribution < 1.29 is 14.3 Å². The van der Waals surface area contributed by atoms with E-state index in [1.165, 1.54) is 19.1 Å². The molecular formula is C18H17ClN4O3S. The molecule has 140 valence electrons. The molecule has 2 rings (SSSR count). The summed E-state index contributed by atoms with van der Waals surface area (Å²) >= 11 is 7.07. The summed E-state index contributed by atoms with van der Waals surface area (Å²) in [6, 6.07) is 8.27. The standard InChI is InChI=1S/C18H17ClN4O3S/c1-10-6-11(2)22-18(21-10)27-9-16(24)26-12(3)17(25)23-14-5-4-13(8-20)15(19)7-14/h4-7,12H,9H2,1-3H3,(H,23,25). The number of ether oxygens (including phenoxy) is 1. The van der Waals surface area contributed by atoms with Crippen LogP contribution in [0.15, 0.2) is 29.4 Å². The van der Waals surface area contributed by atoms with Crippen LogP contribution in [0.25, 0.3) is 0 Å². The number of thioether (sulfide) groups is 1. The predicted octanol–water partition coefficient (Wildman–Crippen LogP) is 3.28. The molecule has 0 spiro atoms. The molecule has 2 aromatic rings. The van der Waals surface area contributed by atoms with Crippen molar-refractivity contribution in [2.45, 2.75) is 32.0 Å². The number of nitriles is 1. The minimum Gasteiger partial charge on any atom is -0.452 e. The first kappa shape index (κ1) is 20.7. The molecule has 1 unspecified atom stereocenters. The van der Waals surface area contributed by atoms with Crippen LogP contribution >= 0.6 is 23.4 Å². The fourth-order valence-corrected chi connectivity index (χ4v) is 3.05. The van der Waals surface area contributed by atoms with Crippen molar-refractivity contribution in [2.24, 2.45) is 0 Å². The maximum absolute atomic E-state index is 12.1. The molecule has 27 heavy (non-hydrogen) atoms. The molecule has 1 aromatic carbocycles. The van der Waals surface area contributed by atoms with Gasteiger partial charge in [0.2, 0.25) is 0 Å². The molecule has 0 saturated heterocycles. The minimum absolute atomic E-state index is 0.0107. The van der Waals surface area contributed by atoms with Crippen molar-refractivity contribution in [3.8, 4) is 6.07 Å². The number of aryl methyl sites for hydroxylation is 2. The van der Waals surface area contributed by atoms with Gasteiger partial charge in [-0.1, -0.05) is 23.4 Å². The van der Waals surface area contributed by atoms with Crippen molar-refractivity contribution >= 4 is 40.9 Å². The van der Waals surface area contributed by atoms with E-state index in [-0.39, 0.29) is 10.8 Å². The number of aromatic nitrogens is 2. The number of hydrogen-bond donors (Lipinski definition) is 1. The first-order valence-electron chi connectivity index (χ1n) is 7.93. The largest absolute Gasteiger partial charge is 0.452 e. The molecule has 9 heteroatoms. The van der Waals surface area contributed by atoms with Gasteiger partial charge in [-0.05, 0) is 45.0 Å². The molecule has 1 heterocycles. The van der Waals surface area contributed by atoms with E-state index < -0.39 is 18.0 Å². The summed E-state index contributed by atoms with van der Waals surface area (Å²) < 4.78 is 5.13. The lowest BCUT2D eigenvalue weighted by atomic mass is 10.2. The van der Waals surface area contributed by atoms with Gasteiger partial charge in [-0.3, -0.25) is 9.59 Å². The maximum Gasteiger partial charge on any atom is 0.317 e. The highest BCUT2D eigenvalue weighted by Crippen LogP contribution is 2.20. The van der Waals surface area contributed by atoms with Crippen LogP contribution in [0.2, 0.25) is 5.02 Å². The molecular weight excluding hydrogens is 388 g/mol. The third-order valence-electron chi connectivity index (χ3n) is 3.32. The van der Waals surface area contributed by atoms with Crippen LogP contribution in [0.5, 0.6) is 0 Å². The van der Waals surface area contributed by atoms with E-state index in [1.54, 1.807) is 6.07 Å². The van der Waals surface area contributed by atoms with Crippen LogP contribution in [-0.2, 0) is 14.3 Å². The quantitative estimate of drug-likeness (QED) is 0.447. The molecule has 0 radical (unpaired) electrons. The highest BCUT2D eigenvalue weighted by Gasteiger charge is 2.19. The van der Waals surface area contributed by atoms with E-state index in [4.69, 9.17) is 21.6 Å². The molecule has 1 atom stereocenters.